The summed E-state index contributed by atoms with van der Waals surface area (Å²) >= 11 is 5.11. The van der Waals surface area contributed by atoms with E-state index in [0.717, 1.165) is 22.2 Å². The number of rotatable bonds is 4. The number of halogens is 1. The number of hydrogen-bond acceptors (Lipinski definition) is 3. The Kier molecular flexibility index (Phi) is 4.80. The molecule has 0 saturated carbocycles. The Morgan fingerprint density at radius 1 is 1.22 bits per heavy atom. The fraction of sp³-hybridized carbons (Fsp3) is 0.214. The molecular weight excluding hydrogens is 308 g/mol. The number of hydrogen-bond donors (Lipinski definition) is 1. The highest BCUT2D eigenvalue weighted by Crippen LogP contribution is 2.20. The third-order valence-electron chi connectivity index (χ3n) is 2.76. The zero-order valence-corrected chi connectivity index (χ0v) is 12.5. The molecule has 2 nitrogen and oxygen atoms in total. The van der Waals surface area contributed by atoms with Gasteiger partial charge in [0.25, 0.3) is 0 Å². The van der Waals surface area contributed by atoms with Crippen LogP contribution in [-0.4, -0.2) is 11.2 Å². The molecule has 0 saturated heterocycles. The number of thioether (sulfide) groups is 1. The summed E-state index contributed by atoms with van der Waals surface area (Å²) < 4.78 is 0.990. The van der Waals surface area contributed by atoms with E-state index in [0.29, 0.717) is 0 Å². The van der Waals surface area contributed by atoms with Crippen LogP contribution in [0.25, 0.3) is 0 Å². The lowest BCUT2D eigenvalue weighted by atomic mass is 10.0. The Labute approximate surface area is 120 Å². The minimum Gasteiger partial charge on any atom is -0.324 e. The Morgan fingerprint density at radius 2 is 1.94 bits per heavy atom. The van der Waals surface area contributed by atoms with Crippen molar-refractivity contribution in [3.63, 3.8) is 0 Å². The second-order valence-electron chi connectivity index (χ2n) is 4.05. The van der Waals surface area contributed by atoms with Crippen molar-refractivity contribution in [1.29, 1.82) is 0 Å². The SMILES string of the molecule is CSc1ccc(C(N)Cc2ccc(Br)cn2)cc1. The van der Waals surface area contributed by atoms with Crippen molar-refractivity contribution in [3.05, 3.63) is 58.3 Å². The maximum absolute atomic E-state index is 6.20. The maximum Gasteiger partial charge on any atom is 0.0423 e. The summed E-state index contributed by atoms with van der Waals surface area (Å²) in [6, 6.07) is 12.4. The van der Waals surface area contributed by atoms with Crippen LogP contribution in [0.4, 0.5) is 0 Å². The monoisotopic (exact) mass is 322 g/mol. The van der Waals surface area contributed by atoms with Gasteiger partial charge >= 0.3 is 0 Å². The molecule has 1 unspecified atom stereocenters. The average Bonchev–Trinajstić information content (AvgIpc) is 2.41. The minimum absolute atomic E-state index is 0.00502. The fourth-order valence-corrected chi connectivity index (χ4v) is 2.36. The third kappa shape index (κ3) is 3.57. The Morgan fingerprint density at radius 3 is 2.50 bits per heavy atom. The molecule has 18 heavy (non-hydrogen) atoms. The summed E-state index contributed by atoms with van der Waals surface area (Å²) in [4.78, 5) is 5.60. The van der Waals surface area contributed by atoms with Crippen LogP contribution in [0.2, 0.25) is 0 Å². The van der Waals surface area contributed by atoms with Gasteiger partial charge in [-0.25, -0.2) is 0 Å². The van der Waals surface area contributed by atoms with Crippen molar-refractivity contribution in [2.24, 2.45) is 5.73 Å². The van der Waals surface area contributed by atoms with E-state index < -0.39 is 0 Å². The zero-order chi connectivity index (χ0) is 13.0. The molecule has 0 spiro atoms. The topological polar surface area (TPSA) is 38.9 Å². The van der Waals surface area contributed by atoms with Gasteiger partial charge in [0.15, 0.2) is 0 Å². The number of benzene rings is 1. The Balaban J connectivity index is 2.06. The van der Waals surface area contributed by atoms with Crippen LogP contribution >= 0.6 is 27.7 Å². The fourth-order valence-electron chi connectivity index (χ4n) is 1.72. The van der Waals surface area contributed by atoms with E-state index in [4.69, 9.17) is 5.73 Å². The quantitative estimate of drug-likeness (QED) is 0.870. The molecule has 0 amide bonds. The summed E-state index contributed by atoms with van der Waals surface area (Å²) in [5.41, 5.74) is 8.36. The van der Waals surface area contributed by atoms with Gasteiger partial charge < -0.3 is 5.73 Å². The van der Waals surface area contributed by atoms with Gasteiger partial charge in [0, 0.05) is 33.7 Å². The molecule has 0 radical (unpaired) electrons. The van der Waals surface area contributed by atoms with Crippen LogP contribution in [-0.2, 0) is 6.42 Å². The first-order valence-electron chi connectivity index (χ1n) is 5.69. The van der Waals surface area contributed by atoms with Crippen molar-refractivity contribution >= 4 is 27.7 Å². The molecular formula is C14H15BrN2S. The highest BCUT2D eigenvalue weighted by molar-refractivity contribution is 9.10. The molecule has 2 N–H and O–H groups in total. The summed E-state index contributed by atoms with van der Waals surface area (Å²) in [6.07, 6.45) is 4.63. The third-order valence-corrected chi connectivity index (χ3v) is 3.97. The molecule has 2 aromatic rings. The van der Waals surface area contributed by atoms with Gasteiger partial charge in [0.2, 0.25) is 0 Å². The van der Waals surface area contributed by atoms with E-state index >= 15 is 0 Å². The van der Waals surface area contributed by atoms with Crippen LogP contribution in [0.15, 0.2) is 52.0 Å². The lowest BCUT2D eigenvalue weighted by Gasteiger charge is -2.12. The molecule has 1 atom stereocenters. The molecule has 2 rings (SSSR count). The summed E-state index contributed by atoms with van der Waals surface area (Å²) in [6.45, 7) is 0. The number of nitrogens with zero attached hydrogens (tertiary/aromatic N) is 1. The van der Waals surface area contributed by atoms with Crippen molar-refractivity contribution in [2.75, 3.05) is 6.26 Å². The van der Waals surface area contributed by atoms with E-state index in [-0.39, 0.29) is 6.04 Å². The molecule has 0 aliphatic heterocycles. The minimum atomic E-state index is -0.00502. The summed E-state index contributed by atoms with van der Waals surface area (Å²) in [5, 5.41) is 0. The van der Waals surface area contributed by atoms with Gasteiger partial charge in [-0.3, -0.25) is 4.98 Å². The second-order valence-corrected chi connectivity index (χ2v) is 5.85. The van der Waals surface area contributed by atoms with Crippen molar-refractivity contribution < 1.29 is 0 Å². The van der Waals surface area contributed by atoms with Crippen LogP contribution in [0.3, 0.4) is 0 Å². The predicted molar refractivity (Wildman–Crippen MR) is 80.8 cm³/mol. The van der Waals surface area contributed by atoms with Gasteiger partial charge in [0.1, 0.15) is 0 Å². The van der Waals surface area contributed by atoms with E-state index in [9.17, 15) is 0 Å². The standard InChI is InChI=1S/C14H15BrN2S/c1-18-13-6-2-10(3-7-13)14(16)8-12-5-4-11(15)9-17-12/h2-7,9,14H,8,16H2,1H3. The van der Waals surface area contributed by atoms with Gasteiger partial charge in [-0.15, -0.1) is 11.8 Å². The highest BCUT2D eigenvalue weighted by Gasteiger charge is 2.07. The molecule has 1 aromatic heterocycles. The second kappa shape index (κ2) is 6.36. The van der Waals surface area contributed by atoms with E-state index in [1.54, 1.807) is 18.0 Å². The van der Waals surface area contributed by atoms with Crippen molar-refractivity contribution in [2.45, 2.75) is 17.4 Å². The molecule has 1 aromatic carbocycles. The molecule has 94 valence electrons. The van der Waals surface area contributed by atoms with Crippen LogP contribution in [0, 0.1) is 0 Å². The van der Waals surface area contributed by atoms with Crippen LogP contribution in [0.1, 0.15) is 17.3 Å². The molecule has 0 fully saturated rings. The maximum atomic E-state index is 6.20. The van der Waals surface area contributed by atoms with Crippen LogP contribution < -0.4 is 5.73 Å². The normalized spacial score (nSPS) is 12.4. The summed E-state index contributed by atoms with van der Waals surface area (Å²) in [5.74, 6) is 0. The largest absolute Gasteiger partial charge is 0.324 e. The van der Waals surface area contributed by atoms with Crippen LogP contribution in [0.5, 0.6) is 0 Å². The van der Waals surface area contributed by atoms with Gasteiger partial charge in [-0.2, -0.15) is 0 Å². The smallest absolute Gasteiger partial charge is 0.0423 e. The highest BCUT2D eigenvalue weighted by atomic mass is 79.9. The molecule has 0 aliphatic rings. The lowest BCUT2D eigenvalue weighted by Crippen LogP contribution is -2.13. The van der Waals surface area contributed by atoms with Gasteiger partial charge in [-0.05, 0) is 52.0 Å². The average molecular weight is 323 g/mol. The van der Waals surface area contributed by atoms with Crippen molar-refractivity contribution in [3.8, 4) is 0 Å². The predicted octanol–water partition coefficient (Wildman–Crippen LogP) is 3.81. The molecule has 1 heterocycles. The zero-order valence-electron chi connectivity index (χ0n) is 10.1. The number of nitrogens with two attached hydrogens (primary N) is 1. The molecule has 4 heteroatoms. The summed E-state index contributed by atoms with van der Waals surface area (Å²) in [7, 11) is 0. The lowest BCUT2D eigenvalue weighted by molar-refractivity contribution is 0.705. The number of aromatic nitrogens is 1. The number of pyridine rings is 1. The Hall–Kier alpha value is -0.840. The Bertz CT molecular complexity index is 496. The first kappa shape index (κ1) is 13.6. The van der Waals surface area contributed by atoms with Gasteiger partial charge in [-0.1, -0.05) is 12.1 Å². The first-order valence-corrected chi connectivity index (χ1v) is 7.71. The van der Waals surface area contributed by atoms with E-state index in [1.807, 2.05) is 12.1 Å². The first-order chi connectivity index (χ1) is 8.69. The molecule has 0 aliphatic carbocycles. The van der Waals surface area contributed by atoms with Gasteiger partial charge in [0.05, 0.1) is 0 Å². The van der Waals surface area contributed by atoms with Crippen molar-refractivity contribution in [1.82, 2.24) is 4.98 Å². The van der Waals surface area contributed by atoms with E-state index in [1.165, 1.54) is 4.90 Å². The van der Waals surface area contributed by atoms with E-state index in [2.05, 4.69) is 51.4 Å². The molecule has 0 bridgehead atoms.